The highest BCUT2D eigenvalue weighted by Gasteiger charge is 2.16. The van der Waals surface area contributed by atoms with Crippen LogP contribution < -0.4 is 0 Å². The maximum absolute atomic E-state index is 11.7. The average Bonchev–Trinajstić information content (AvgIpc) is 2.32. The second kappa shape index (κ2) is 4.79. The van der Waals surface area contributed by atoms with Gasteiger partial charge in [0.05, 0.1) is 5.56 Å². The number of halogens is 1. The fourth-order valence-corrected chi connectivity index (χ4v) is 2.23. The van der Waals surface area contributed by atoms with Gasteiger partial charge < -0.3 is 4.74 Å². The zero-order valence-corrected chi connectivity index (χ0v) is 10.00. The van der Waals surface area contributed by atoms with Gasteiger partial charge in [-0.15, -0.1) is 0 Å². The number of alkyl halides is 1. The van der Waals surface area contributed by atoms with Crippen molar-refractivity contribution < 1.29 is 9.53 Å². The molecule has 1 aromatic carbocycles. The quantitative estimate of drug-likeness (QED) is 0.534. The zero-order chi connectivity index (χ0) is 10.7. The van der Waals surface area contributed by atoms with Crippen LogP contribution in [-0.2, 0) is 11.2 Å². The lowest BCUT2D eigenvalue weighted by Gasteiger charge is -2.07. The van der Waals surface area contributed by atoms with Crippen LogP contribution in [0.25, 0.3) is 0 Å². The summed E-state index contributed by atoms with van der Waals surface area (Å²) in [6.45, 7) is 0.465. The molecular weight excluding hydrogens is 256 g/mol. The van der Waals surface area contributed by atoms with Gasteiger partial charge in [-0.1, -0.05) is 34.1 Å². The number of cyclic esters (lactones) is 1. The summed E-state index contributed by atoms with van der Waals surface area (Å²) in [5.74, 6) is -0.197. The molecule has 0 saturated carbocycles. The van der Waals surface area contributed by atoms with E-state index in [1.165, 1.54) is 0 Å². The summed E-state index contributed by atoms with van der Waals surface area (Å²) in [5, 5.41) is 0. The Morgan fingerprint density at radius 2 is 2.13 bits per heavy atom. The number of hydrogen-bond acceptors (Lipinski definition) is 2. The molecule has 0 radical (unpaired) electrons. The fraction of sp³-hybridized carbons (Fsp3) is 0.417. The van der Waals surface area contributed by atoms with Crippen molar-refractivity contribution in [2.75, 3.05) is 6.61 Å². The normalized spacial score (nSPS) is 21.9. The van der Waals surface area contributed by atoms with Crippen molar-refractivity contribution >= 4 is 21.9 Å². The first-order chi connectivity index (χ1) is 7.27. The topological polar surface area (TPSA) is 26.3 Å². The molecule has 2 nitrogen and oxygen atoms in total. The first-order valence-electron chi connectivity index (χ1n) is 5.16. The minimum absolute atomic E-state index is 0.197. The lowest BCUT2D eigenvalue weighted by atomic mass is 10.0. The number of carbonyl (C=O) groups is 1. The monoisotopic (exact) mass is 268 g/mol. The van der Waals surface area contributed by atoms with Gasteiger partial charge in [-0.2, -0.15) is 0 Å². The van der Waals surface area contributed by atoms with Gasteiger partial charge in [-0.3, -0.25) is 0 Å². The maximum Gasteiger partial charge on any atom is 0.338 e. The van der Waals surface area contributed by atoms with E-state index in [9.17, 15) is 4.79 Å². The standard InChI is InChI=1S/C12H13BrO2/c13-10-6-3-5-9-4-1-2-7-11(9)12(14)15-8-10/h1-2,4,7,10H,3,5-6,8H2. The van der Waals surface area contributed by atoms with Gasteiger partial charge in [0.25, 0.3) is 0 Å². The second-order valence-corrected chi connectivity index (χ2v) is 5.04. The highest BCUT2D eigenvalue weighted by molar-refractivity contribution is 9.09. The molecule has 0 spiro atoms. The van der Waals surface area contributed by atoms with Gasteiger partial charge in [0.15, 0.2) is 0 Å². The number of hydrogen-bond donors (Lipinski definition) is 0. The van der Waals surface area contributed by atoms with E-state index in [0.29, 0.717) is 6.61 Å². The third kappa shape index (κ3) is 2.59. The molecule has 2 rings (SSSR count). The number of carbonyl (C=O) groups excluding carboxylic acids is 1. The Hall–Kier alpha value is -0.830. The predicted molar refractivity (Wildman–Crippen MR) is 62.4 cm³/mol. The highest BCUT2D eigenvalue weighted by atomic mass is 79.9. The molecule has 1 aliphatic heterocycles. The minimum atomic E-state index is -0.197. The van der Waals surface area contributed by atoms with E-state index in [0.717, 1.165) is 30.4 Å². The van der Waals surface area contributed by atoms with Crippen LogP contribution in [0.15, 0.2) is 24.3 Å². The van der Waals surface area contributed by atoms with Crippen LogP contribution in [0.3, 0.4) is 0 Å². The number of benzene rings is 1. The van der Waals surface area contributed by atoms with Gasteiger partial charge >= 0.3 is 5.97 Å². The minimum Gasteiger partial charge on any atom is -0.461 e. The van der Waals surface area contributed by atoms with Crippen LogP contribution in [0.1, 0.15) is 28.8 Å². The molecule has 1 unspecified atom stereocenters. The van der Waals surface area contributed by atoms with Gasteiger partial charge in [0, 0.05) is 4.83 Å². The molecular formula is C12H13BrO2. The maximum atomic E-state index is 11.7. The van der Waals surface area contributed by atoms with Gasteiger partial charge in [0.2, 0.25) is 0 Å². The lowest BCUT2D eigenvalue weighted by Crippen LogP contribution is -2.13. The summed E-state index contributed by atoms with van der Waals surface area (Å²) in [4.78, 5) is 12.0. The molecule has 15 heavy (non-hydrogen) atoms. The molecule has 0 N–H and O–H groups in total. The Morgan fingerprint density at radius 1 is 1.33 bits per heavy atom. The van der Waals surface area contributed by atoms with E-state index in [4.69, 9.17) is 4.74 Å². The molecule has 80 valence electrons. The smallest absolute Gasteiger partial charge is 0.338 e. The third-order valence-corrected chi connectivity index (χ3v) is 3.32. The zero-order valence-electron chi connectivity index (χ0n) is 8.41. The van der Waals surface area contributed by atoms with Crippen LogP contribution in [0, 0.1) is 0 Å². The first-order valence-corrected chi connectivity index (χ1v) is 6.08. The van der Waals surface area contributed by atoms with E-state index < -0.39 is 0 Å². The van der Waals surface area contributed by atoms with Crippen LogP contribution in [-0.4, -0.2) is 17.4 Å². The molecule has 0 aliphatic carbocycles. The Kier molecular flexibility index (Phi) is 3.41. The molecule has 1 heterocycles. The van der Waals surface area contributed by atoms with E-state index in [-0.39, 0.29) is 10.8 Å². The van der Waals surface area contributed by atoms with Crippen LogP contribution in [0.4, 0.5) is 0 Å². The van der Waals surface area contributed by atoms with Crippen molar-refractivity contribution in [1.29, 1.82) is 0 Å². The largest absolute Gasteiger partial charge is 0.461 e. The molecule has 0 amide bonds. The summed E-state index contributed by atoms with van der Waals surface area (Å²) < 4.78 is 5.22. The van der Waals surface area contributed by atoms with Gasteiger partial charge in [-0.05, 0) is 30.9 Å². The predicted octanol–water partition coefficient (Wildman–Crippen LogP) is 2.94. The summed E-state index contributed by atoms with van der Waals surface area (Å²) in [5.41, 5.74) is 1.82. The van der Waals surface area contributed by atoms with Crippen molar-refractivity contribution in [1.82, 2.24) is 0 Å². The number of aryl methyl sites for hydroxylation is 1. The molecule has 0 bridgehead atoms. The van der Waals surface area contributed by atoms with Crippen molar-refractivity contribution in [3.05, 3.63) is 35.4 Å². The number of fused-ring (bicyclic) bond motifs is 1. The molecule has 0 aromatic heterocycles. The van der Waals surface area contributed by atoms with Crippen molar-refractivity contribution in [3.63, 3.8) is 0 Å². The SMILES string of the molecule is O=C1OCC(Br)CCCc2ccccc21. The van der Waals surface area contributed by atoms with Crippen molar-refractivity contribution in [3.8, 4) is 0 Å². The van der Waals surface area contributed by atoms with Crippen LogP contribution in [0.5, 0.6) is 0 Å². The molecule has 1 aliphatic rings. The Labute approximate surface area is 97.8 Å². The van der Waals surface area contributed by atoms with Crippen molar-refractivity contribution in [2.45, 2.75) is 24.1 Å². The molecule has 1 atom stereocenters. The highest BCUT2D eigenvalue weighted by Crippen LogP contribution is 2.19. The van der Waals surface area contributed by atoms with E-state index in [1.807, 2.05) is 24.3 Å². The first kappa shape index (κ1) is 10.7. The van der Waals surface area contributed by atoms with Crippen LogP contribution in [0.2, 0.25) is 0 Å². The van der Waals surface area contributed by atoms with E-state index >= 15 is 0 Å². The van der Waals surface area contributed by atoms with Gasteiger partial charge in [-0.25, -0.2) is 4.79 Å². The van der Waals surface area contributed by atoms with Crippen LogP contribution >= 0.6 is 15.9 Å². The molecule has 3 heteroatoms. The number of ether oxygens (including phenoxy) is 1. The molecule has 0 saturated heterocycles. The Bertz CT molecular complexity index is 362. The lowest BCUT2D eigenvalue weighted by molar-refractivity contribution is 0.0508. The summed E-state index contributed by atoms with van der Waals surface area (Å²) in [7, 11) is 0. The average molecular weight is 269 g/mol. The number of esters is 1. The summed E-state index contributed by atoms with van der Waals surface area (Å²) >= 11 is 3.50. The number of rotatable bonds is 0. The van der Waals surface area contributed by atoms with E-state index in [1.54, 1.807) is 0 Å². The Morgan fingerprint density at radius 3 is 3.00 bits per heavy atom. The third-order valence-electron chi connectivity index (χ3n) is 2.60. The summed E-state index contributed by atoms with van der Waals surface area (Å²) in [6, 6.07) is 7.69. The second-order valence-electron chi connectivity index (χ2n) is 3.75. The fourth-order valence-electron chi connectivity index (χ4n) is 1.78. The van der Waals surface area contributed by atoms with Gasteiger partial charge in [0.1, 0.15) is 6.61 Å². The van der Waals surface area contributed by atoms with E-state index in [2.05, 4.69) is 15.9 Å². The summed E-state index contributed by atoms with van der Waals surface area (Å²) in [6.07, 6.45) is 3.08. The Balaban J connectivity index is 2.27. The van der Waals surface area contributed by atoms with Crippen molar-refractivity contribution in [2.24, 2.45) is 0 Å². The molecule has 0 fully saturated rings. The molecule has 1 aromatic rings.